The third kappa shape index (κ3) is 2.94. The lowest BCUT2D eigenvalue weighted by molar-refractivity contribution is 0.0595. The third-order valence-corrected chi connectivity index (χ3v) is 7.34. The molecule has 7 nitrogen and oxygen atoms in total. The van der Waals surface area contributed by atoms with Crippen LogP contribution >= 0.6 is 0 Å². The van der Waals surface area contributed by atoms with Gasteiger partial charge in [-0.3, -0.25) is 24.1 Å². The number of carbonyl (C=O) groups is 2. The molecule has 6 aromatic rings. The van der Waals surface area contributed by atoms with Gasteiger partial charge in [-0.15, -0.1) is 0 Å². The monoisotopic (exact) mass is 485 g/mol. The normalized spacial score (nSPS) is 14.2. The molecule has 0 bridgehead atoms. The van der Waals surface area contributed by atoms with Gasteiger partial charge in [-0.2, -0.15) is 0 Å². The van der Waals surface area contributed by atoms with Crippen LogP contribution in [0.3, 0.4) is 0 Å². The van der Waals surface area contributed by atoms with Gasteiger partial charge in [-0.05, 0) is 61.0 Å². The van der Waals surface area contributed by atoms with E-state index in [0.717, 1.165) is 0 Å². The maximum absolute atomic E-state index is 13.6. The number of hydrogen-bond acceptors (Lipinski definition) is 4. The van der Waals surface area contributed by atoms with Crippen molar-refractivity contribution in [2.75, 3.05) is 0 Å². The minimum absolute atomic E-state index is 0.0997. The quantitative estimate of drug-likeness (QED) is 0.265. The molecular formula is C30H19N3O4. The largest absolute Gasteiger partial charge is 0.354 e. The van der Waals surface area contributed by atoms with E-state index in [1.165, 1.54) is 4.90 Å². The van der Waals surface area contributed by atoms with E-state index in [4.69, 9.17) is 0 Å². The lowest BCUT2D eigenvalue weighted by atomic mass is 10.0. The zero-order chi connectivity index (χ0) is 25.4. The molecule has 1 atom stereocenters. The van der Waals surface area contributed by atoms with Gasteiger partial charge in [0.1, 0.15) is 0 Å². The summed E-state index contributed by atoms with van der Waals surface area (Å²) >= 11 is 0. The fraction of sp³-hybridized carbons (Fsp3) is 0.0667. The molecule has 0 aliphatic carbocycles. The van der Waals surface area contributed by atoms with Gasteiger partial charge in [0.25, 0.3) is 11.8 Å². The Morgan fingerprint density at radius 3 is 1.73 bits per heavy atom. The van der Waals surface area contributed by atoms with Crippen LogP contribution in [0, 0.1) is 0 Å². The third-order valence-electron chi connectivity index (χ3n) is 7.34. The Kier molecular flexibility index (Phi) is 4.30. The van der Waals surface area contributed by atoms with Crippen LogP contribution < -0.4 is 10.9 Å². The topological polar surface area (TPSA) is 103 Å². The lowest BCUT2D eigenvalue weighted by Gasteiger charge is -2.23. The van der Waals surface area contributed by atoms with Gasteiger partial charge in [-0.1, -0.05) is 30.3 Å². The highest BCUT2D eigenvalue weighted by Crippen LogP contribution is 2.32. The van der Waals surface area contributed by atoms with Crippen molar-refractivity contribution in [1.82, 2.24) is 14.9 Å². The van der Waals surface area contributed by atoms with Crippen LogP contribution in [-0.2, 0) is 0 Å². The molecule has 0 radical (unpaired) electrons. The Hall–Kier alpha value is -5.04. The van der Waals surface area contributed by atoms with Crippen LogP contribution in [0.2, 0.25) is 0 Å². The van der Waals surface area contributed by atoms with Crippen LogP contribution in [0.25, 0.3) is 43.6 Å². The molecule has 4 aromatic carbocycles. The number of nitrogens with one attached hydrogen (secondary N) is 2. The van der Waals surface area contributed by atoms with Crippen molar-refractivity contribution in [3.63, 3.8) is 0 Å². The zero-order valence-corrected chi connectivity index (χ0v) is 19.7. The van der Waals surface area contributed by atoms with Gasteiger partial charge in [0.05, 0.1) is 28.2 Å². The molecule has 3 heterocycles. The Morgan fingerprint density at radius 1 is 0.568 bits per heavy atom. The van der Waals surface area contributed by atoms with Crippen molar-refractivity contribution >= 4 is 55.4 Å². The van der Waals surface area contributed by atoms with Crippen LogP contribution in [0.1, 0.15) is 39.2 Å². The van der Waals surface area contributed by atoms with E-state index >= 15 is 0 Å². The van der Waals surface area contributed by atoms with Gasteiger partial charge < -0.3 is 9.97 Å². The molecule has 178 valence electrons. The van der Waals surface area contributed by atoms with E-state index in [-0.39, 0.29) is 22.7 Å². The maximum atomic E-state index is 13.6. The van der Waals surface area contributed by atoms with E-state index in [1.807, 2.05) is 18.2 Å². The summed E-state index contributed by atoms with van der Waals surface area (Å²) in [7, 11) is 0. The van der Waals surface area contributed by atoms with Crippen molar-refractivity contribution in [2.24, 2.45) is 0 Å². The van der Waals surface area contributed by atoms with Crippen LogP contribution in [0.5, 0.6) is 0 Å². The van der Waals surface area contributed by atoms with Crippen molar-refractivity contribution in [2.45, 2.75) is 13.0 Å². The van der Waals surface area contributed by atoms with Gasteiger partial charge in [0.2, 0.25) is 0 Å². The first-order valence-corrected chi connectivity index (χ1v) is 11.9. The van der Waals surface area contributed by atoms with Gasteiger partial charge >= 0.3 is 0 Å². The molecule has 0 spiro atoms. The standard InChI is InChI=1S/C30H19N3O4/c1-15(33-29(36)17-6-2-3-7-18(17)30(33)37)16-10-11-24-20(12-16)28(35)22-14-25-21(13-26(22)32-24)27(34)19-8-4-5-9-23(19)31-25/h2-15H,1H3,(H,31,34)(H,32,35). The number of imide groups is 1. The fourth-order valence-electron chi connectivity index (χ4n) is 5.38. The van der Waals surface area contributed by atoms with Gasteiger partial charge in [0.15, 0.2) is 10.9 Å². The molecule has 37 heavy (non-hydrogen) atoms. The molecule has 0 saturated carbocycles. The van der Waals surface area contributed by atoms with Crippen LogP contribution in [0.4, 0.5) is 0 Å². The van der Waals surface area contributed by atoms with E-state index in [0.29, 0.717) is 60.3 Å². The Morgan fingerprint density at radius 2 is 1.08 bits per heavy atom. The molecule has 2 aromatic heterocycles. The molecular weight excluding hydrogens is 466 g/mol. The minimum atomic E-state index is -0.564. The highest BCUT2D eigenvalue weighted by molar-refractivity contribution is 6.21. The second kappa shape index (κ2) is 7.48. The summed E-state index contributed by atoms with van der Waals surface area (Å²) in [6, 6.07) is 22.2. The second-order valence-corrected chi connectivity index (χ2v) is 9.40. The minimum Gasteiger partial charge on any atom is -0.354 e. The maximum Gasteiger partial charge on any atom is 0.262 e. The first-order valence-electron chi connectivity index (χ1n) is 11.9. The second-order valence-electron chi connectivity index (χ2n) is 9.40. The van der Waals surface area contributed by atoms with Gasteiger partial charge in [0, 0.05) is 32.6 Å². The molecule has 0 saturated heterocycles. The Bertz CT molecular complexity index is 2070. The molecule has 2 N–H and O–H groups in total. The summed E-state index contributed by atoms with van der Waals surface area (Å²) in [6.45, 7) is 1.78. The van der Waals surface area contributed by atoms with Crippen molar-refractivity contribution in [3.05, 3.63) is 116 Å². The first kappa shape index (κ1) is 21.3. The molecule has 7 rings (SSSR count). The molecule has 2 amide bonds. The first-order chi connectivity index (χ1) is 17.9. The summed E-state index contributed by atoms with van der Waals surface area (Å²) < 4.78 is 0. The van der Waals surface area contributed by atoms with Gasteiger partial charge in [-0.25, -0.2) is 0 Å². The van der Waals surface area contributed by atoms with E-state index in [9.17, 15) is 19.2 Å². The predicted molar refractivity (Wildman–Crippen MR) is 143 cm³/mol. The number of H-pyrrole nitrogens is 2. The number of amides is 2. The number of hydrogen-bond donors (Lipinski definition) is 2. The zero-order valence-electron chi connectivity index (χ0n) is 19.7. The molecule has 1 aliphatic heterocycles. The summed E-state index contributed by atoms with van der Waals surface area (Å²) in [6.07, 6.45) is 0. The molecule has 1 aliphatic rings. The highest BCUT2D eigenvalue weighted by Gasteiger charge is 2.38. The van der Waals surface area contributed by atoms with Crippen LogP contribution in [0.15, 0.2) is 88.5 Å². The van der Waals surface area contributed by atoms with E-state index in [1.54, 1.807) is 67.6 Å². The van der Waals surface area contributed by atoms with E-state index in [2.05, 4.69) is 9.97 Å². The summed E-state index contributed by atoms with van der Waals surface area (Å²) in [4.78, 5) is 60.5. The number of aromatic amines is 2. The SMILES string of the molecule is CC(c1ccc2[nH]c3cc4c(=O)c5ccccc5[nH]c4cc3c(=O)c2c1)N1C(=O)c2ccccc2C1=O. The molecule has 7 heteroatoms. The fourth-order valence-corrected chi connectivity index (χ4v) is 5.38. The smallest absolute Gasteiger partial charge is 0.262 e. The number of aromatic nitrogens is 2. The summed E-state index contributed by atoms with van der Waals surface area (Å²) in [5, 5.41) is 1.97. The number of fused-ring (bicyclic) bond motifs is 5. The lowest BCUT2D eigenvalue weighted by Crippen LogP contribution is -2.32. The Labute approximate surface area is 209 Å². The average Bonchev–Trinajstić information content (AvgIpc) is 3.17. The highest BCUT2D eigenvalue weighted by atomic mass is 16.2. The average molecular weight is 485 g/mol. The summed E-state index contributed by atoms with van der Waals surface area (Å²) in [5.74, 6) is -0.688. The number of rotatable bonds is 2. The predicted octanol–water partition coefficient (Wildman–Crippen LogP) is 5.03. The number of nitrogens with zero attached hydrogens (tertiary/aromatic N) is 1. The summed E-state index contributed by atoms with van der Waals surface area (Å²) in [5.41, 5.74) is 3.60. The molecule has 1 unspecified atom stereocenters. The van der Waals surface area contributed by atoms with Crippen LogP contribution in [-0.4, -0.2) is 26.7 Å². The van der Waals surface area contributed by atoms with E-state index < -0.39 is 6.04 Å². The number of benzene rings is 4. The number of carbonyl (C=O) groups excluding carboxylic acids is 2. The number of para-hydroxylation sites is 1. The number of pyridine rings is 2. The van der Waals surface area contributed by atoms with Crippen molar-refractivity contribution < 1.29 is 9.59 Å². The molecule has 0 fully saturated rings. The van der Waals surface area contributed by atoms with Crippen molar-refractivity contribution in [3.8, 4) is 0 Å². The van der Waals surface area contributed by atoms with Crippen molar-refractivity contribution in [1.29, 1.82) is 0 Å². The Balaban J connectivity index is 1.39.